The van der Waals surface area contributed by atoms with Gasteiger partial charge >= 0.3 is 0 Å². The molecule has 2 aromatic carbocycles. The van der Waals surface area contributed by atoms with E-state index in [1.54, 1.807) is 31.2 Å². The highest BCUT2D eigenvalue weighted by Gasteiger charge is 2.15. The Hall–Kier alpha value is -2.80. The number of carbonyl (C=O) groups excluding carboxylic acids is 1. The van der Waals surface area contributed by atoms with Crippen molar-refractivity contribution < 1.29 is 14.3 Å². The normalized spacial score (nSPS) is 11.3. The standard InChI is InChI=1S/C20H25N3O3S/c1-5-25-17-6-8-18(9-7-17)26-15(4)19(24)22-23-20(27)21-16-11-13(2)10-14(3)12-16/h6-12,15H,5H2,1-4H3,(H,22,24)(H2,21,23,27)/t15-/m1/s1. The van der Waals surface area contributed by atoms with Crippen LogP contribution in [-0.4, -0.2) is 23.7 Å². The van der Waals surface area contributed by atoms with E-state index in [-0.39, 0.29) is 5.91 Å². The van der Waals surface area contributed by atoms with Crippen molar-refractivity contribution in [3.63, 3.8) is 0 Å². The summed E-state index contributed by atoms with van der Waals surface area (Å²) in [7, 11) is 0. The molecular weight excluding hydrogens is 362 g/mol. The van der Waals surface area contributed by atoms with Crippen LogP contribution in [0.1, 0.15) is 25.0 Å². The van der Waals surface area contributed by atoms with Crippen LogP contribution in [0.3, 0.4) is 0 Å². The number of hydrogen-bond donors (Lipinski definition) is 3. The third kappa shape index (κ3) is 6.79. The predicted octanol–water partition coefficient (Wildman–Crippen LogP) is 3.49. The first kappa shape index (κ1) is 20.5. The molecule has 3 N–H and O–H groups in total. The maximum atomic E-state index is 12.2. The highest BCUT2D eigenvalue weighted by molar-refractivity contribution is 7.80. The van der Waals surface area contributed by atoms with Gasteiger partial charge in [-0.2, -0.15) is 0 Å². The lowest BCUT2D eigenvalue weighted by Crippen LogP contribution is -2.48. The summed E-state index contributed by atoms with van der Waals surface area (Å²) in [5.41, 5.74) is 8.34. The summed E-state index contributed by atoms with van der Waals surface area (Å²) >= 11 is 5.20. The van der Waals surface area contributed by atoms with E-state index in [1.807, 2.05) is 32.9 Å². The van der Waals surface area contributed by atoms with Crippen molar-refractivity contribution in [2.75, 3.05) is 11.9 Å². The average Bonchev–Trinajstić information content (AvgIpc) is 2.60. The number of hydrogen-bond acceptors (Lipinski definition) is 4. The molecule has 7 heteroatoms. The zero-order valence-corrected chi connectivity index (χ0v) is 16.8. The average molecular weight is 388 g/mol. The van der Waals surface area contributed by atoms with Gasteiger partial charge in [-0.3, -0.25) is 15.6 Å². The Morgan fingerprint density at radius 3 is 2.22 bits per heavy atom. The lowest BCUT2D eigenvalue weighted by molar-refractivity contribution is -0.127. The largest absolute Gasteiger partial charge is 0.494 e. The summed E-state index contributed by atoms with van der Waals surface area (Å²) < 4.78 is 11.0. The van der Waals surface area contributed by atoms with Crippen LogP contribution in [0.5, 0.6) is 11.5 Å². The molecule has 6 nitrogen and oxygen atoms in total. The Balaban J connectivity index is 1.80. The van der Waals surface area contributed by atoms with Gasteiger partial charge < -0.3 is 14.8 Å². The number of benzene rings is 2. The minimum atomic E-state index is -0.695. The fraction of sp³-hybridized carbons (Fsp3) is 0.300. The number of carbonyl (C=O) groups is 1. The zero-order chi connectivity index (χ0) is 19.8. The molecule has 1 amide bonds. The molecule has 0 aromatic heterocycles. The Morgan fingerprint density at radius 1 is 1.04 bits per heavy atom. The first-order chi connectivity index (χ1) is 12.9. The molecule has 0 saturated heterocycles. The number of aryl methyl sites for hydroxylation is 2. The van der Waals surface area contributed by atoms with E-state index in [0.717, 1.165) is 22.6 Å². The van der Waals surface area contributed by atoms with E-state index in [1.165, 1.54) is 0 Å². The van der Waals surface area contributed by atoms with Gasteiger partial charge in [-0.25, -0.2) is 0 Å². The Morgan fingerprint density at radius 2 is 1.63 bits per heavy atom. The second-order valence-corrected chi connectivity index (χ2v) is 6.52. The van der Waals surface area contributed by atoms with Crippen LogP contribution < -0.4 is 25.6 Å². The first-order valence-corrected chi connectivity index (χ1v) is 9.13. The van der Waals surface area contributed by atoms with Gasteiger partial charge in [0.15, 0.2) is 11.2 Å². The van der Waals surface area contributed by atoms with Gasteiger partial charge in [0.2, 0.25) is 0 Å². The molecule has 0 heterocycles. The molecule has 0 spiro atoms. The van der Waals surface area contributed by atoms with Crippen LogP contribution in [-0.2, 0) is 4.79 Å². The number of anilines is 1. The second-order valence-electron chi connectivity index (χ2n) is 6.11. The molecule has 0 unspecified atom stereocenters. The summed E-state index contributed by atoms with van der Waals surface area (Å²) in [5.74, 6) is 0.997. The number of nitrogens with one attached hydrogen (secondary N) is 3. The maximum absolute atomic E-state index is 12.2. The van der Waals surface area contributed by atoms with Gasteiger partial charge in [0.05, 0.1) is 6.61 Å². The highest BCUT2D eigenvalue weighted by Crippen LogP contribution is 2.18. The number of amides is 1. The lowest BCUT2D eigenvalue weighted by atomic mass is 10.1. The first-order valence-electron chi connectivity index (χ1n) is 8.72. The van der Waals surface area contributed by atoms with Crippen LogP contribution in [0.25, 0.3) is 0 Å². The highest BCUT2D eigenvalue weighted by atomic mass is 32.1. The van der Waals surface area contributed by atoms with E-state index < -0.39 is 6.10 Å². The molecule has 0 aliphatic carbocycles. The van der Waals surface area contributed by atoms with E-state index in [9.17, 15) is 4.79 Å². The minimum Gasteiger partial charge on any atom is -0.494 e. The van der Waals surface area contributed by atoms with Crippen LogP contribution in [0, 0.1) is 13.8 Å². The van der Waals surface area contributed by atoms with E-state index in [4.69, 9.17) is 21.7 Å². The van der Waals surface area contributed by atoms with Gasteiger partial charge in [0.25, 0.3) is 5.91 Å². The summed E-state index contributed by atoms with van der Waals surface area (Å²) in [5, 5.41) is 3.33. The molecular formula is C20H25N3O3S. The molecule has 0 aliphatic rings. The van der Waals surface area contributed by atoms with Gasteiger partial charge in [-0.05, 0) is 87.4 Å². The molecule has 0 fully saturated rings. The maximum Gasteiger partial charge on any atom is 0.279 e. The third-order valence-corrected chi connectivity index (χ3v) is 3.80. The topological polar surface area (TPSA) is 71.6 Å². The SMILES string of the molecule is CCOc1ccc(O[C@H](C)C(=O)NNC(=S)Nc2cc(C)cc(C)c2)cc1. The van der Waals surface area contributed by atoms with E-state index in [2.05, 4.69) is 22.2 Å². The van der Waals surface area contributed by atoms with Crippen molar-refractivity contribution in [1.82, 2.24) is 10.9 Å². The van der Waals surface area contributed by atoms with Gasteiger partial charge in [0, 0.05) is 5.69 Å². The molecule has 0 saturated carbocycles. The van der Waals surface area contributed by atoms with E-state index >= 15 is 0 Å². The van der Waals surface area contributed by atoms with Crippen LogP contribution >= 0.6 is 12.2 Å². The summed E-state index contributed by atoms with van der Waals surface area (Å²) in [6, 6.07) is 13.1. The van der Waals surface area contributed by atoms with Gasteiger partial charge in [-0.15, -0.1) is 0 Å². The van der Waals surface area contributed by atoms with Crippen molar-refractivity contribution in [1.29, 1.82) is 0 Å². The molecule has 0 aliphatic heterocycles. The van der Waals surface area contributed by atoms with E-state index in [0.29, 0.717) is 17.5 Å². The number of ether oxygens (including phenoxy) is 2. The van der Waals surface area contributed by atoms with Crippen molar-refractivity contribution in [3.8, 4) is 11.5 Å². The Kier molecular flexibility index (Phi) is 7.43. The third-order valence-electron chi connectivity index (χ3n) is 3.60. The molecule has 2 rings (SSSR count). The molecule has 2 aromatic rings. The second kappa shape index (κ2) is 9.78. The Bertz CT molecular complexity index is 773. The van der Waals surface area contributed by atoms with Gasteiger partial charge in [-0.1, -0.05) is 6.07 Å². The minimum absolute atomic E-state index is 0.293. The van der Waals surface area contributed by atoms with Crippen molar-refractivity contribution in [3.05, 3.63) is 53.6 Å². The molecule has 27 heavy (non-hydrogen) atoms. The molecule has 144 valence electrons. The Labute approximate surface area is 165 Å². The number of rotatable bonds is 6. The predicted molar refractivity (Wildman–Crippen MR) is 111 cm³/mol. The van der Waals surface area contributed by atoms with Crippen molar-refractivity contribution in [2.45, 2.75) is 33.8 Å². The molecule has 1 atom stereocenters. The summed E-state index contributed by atoms with van der Waals surface area (Å²) in [6.45, 7) is 8.20. The smallest absolute Gasteiger partial charge is 0.279 e. The number of hydrazine groups is 1. The quantitative estimate of drug-likeness (QED) is 0.521. The van der Waals surface area contributed by atoms with Crippen LogP contribution in [0.4, 0.5) is 5.69 Å². The molecule has 0 radical (unpaired) electrons. The lowest BCUT2D eigenvalue weighted by Gasteiger charge is -2.17. The van der Waals surface area contributed by atoms with Crippen LogP contribution in [0.15, 0.2) is 42.5 Å². The fourth-order valence-corrected chi connectivity index (χ4v) is 2.64. The monoisotopic (exact) mass is 387 g/mol. The summed E-state index contributed by atoms with van der Waals surface area (Å²) in [4.78, 5) is 12.2. The fourth-order valence-electron chi connectivity index (χ4n) is 2.47. The number of thiocarbonyl (C=S) groups is 1. The zero-order valence-electron chi connectivity index (χ0n) is 16.0. The van der Waals surface area contributed by atoms with Crippen molar-refractivity contribution >= 4 is 28.9 Å². The summed E-state index contributed by atoms with van der Waals surface area (Å²) in [6.07, 6.45) is -0.695. The van der Waals surface area contributed by atoms with Gasteiger partial charge in [0.1, 0.15) is 11.5 Å². The van der Waals surface area contributed by atoms with Crippen LogP contribution in [0.2, 0.25) is 0 Å². The molecule has 0 bridgehead atoms. The van der Waals surface area contributed by atoms with Crippen molar-refractivity contribution in [2.24, 2.45) is 0 Å².